The van der Waals surface area contributed by atoms with E-state index >= 15 is 0 Å². The minimum atomic E-state index is -4.23. The third-order valence-corrected chi connectivity index (χ3v) is 11.7. The van der Waals surface area contributed by atoms with Crippen molar-refractivity contribution in [3.63, 3.8) is 0 Å². The molecule has 3 rings (SSSR count). The average Bonchev–Trinajstić information content (AvgIpc) is 2.76. The van der Waals surface area contributed by atoms with Crippen LogP contribution in [0, 0.1) is 23.7 Å². The molecule has 4 heteroatoms. The number of unbranched alkanes of at least 4 members (excludes halogenated alkanes) is 1. The lowest BCUT2D eigenvalue weighted by Crippen LogP contribution is -2.28. The molecule has 0 unspecified atom stereocenters. The third-order valence-electron chi connectivity index (χ3n) is 8.21. The molecule has 2 fully saturated rings. The molecule has 1 saturated carbocycles. The van der Waals surface area contributed by atoms with Crippen LogP contribution in [0.25, 0.3) is 0 Å². The number of alkyl halides is 3. The normalized spacial score (nSPS) is 27.5. The molecule has 0 aromatic heterocycles. The summed E-state index contributed by atoms with van der Waals surface area (Å²) in [5, 5.41) is 0. The van der Waals surface area contributed by atoms with E-state index in [2.05, 4.69) is 13.8 Å². The van der Waals surface area contributed by atoms with Crippen molar-refractivity contribution in [2.75, 3.05) is 0 Å². The molecule has 2 aliphatic rings. The van der Waals surface area contributed by atoms with Crippen LogP contribution < -0.4 is 0 Å². The number of rotatable bonds is 9. The number of hydrogen-bond donors (Lipinski definition) is 0. The second-order valence-corrected chi connectivity index (χ2v) is 14.4. The topological polar surface area (TPSA) is 0 Å². The first-order valence-corrected chi connectivity index (χ1v) is 15.4. The zero-order chi connectivity index (χ0) is 22.3. The highest BCUT2D eigenvalue weighted by atomic mass is 28.3. The van der Waals surface area contributed by atoms with Crippen molar-refractivity contribution in [1.82, 2.24) is 0 Å². The van der Waals surface area contributed by atoms with E-state index < -0.39 is 20.5 Å². The van der Waals surface area contributed by atoms with Gasteiger partial charge in [-0.2, -0.15) is 13.2 Å². The van der Waals surface area contributed by atoms with Gasteiger partial charge in [0, 0.05) is 8.80 Å². The van der Waals surface area contributed by atoms with Crippen molar-refractivity contribution in [1.29, 1.82) is 0 Å². The van der Waals surface area contributed by atoms with Gasteiger partial charge in [0.2, 0.25) is 0 Å². The van der Waals surface area contributed by atoms with E-state index in [1.54, 1.807) is 30.3 Å². The zero-order valence-corrected chi connectivity index (χ0v) is 20.9. The molecule has 176 valence electrons. The summed E-state index contributed by atoms with van der Waals surface area (Å²) in [6, 6.07) is 10.5. The van der Waals surface area contributed by atoms with Crippen molar-refractivity contribution in [2.24, 2.45) is 23.7 Å². The summed E-state index contributed by atoms with van der Waals surface area (Å²) in [5.74, 6) is 3.81. The quantitative estimate of drug-likeness (QED) is 0.259. The van der Waals surface area contributed by atoms with Crippen LogP contribution >= 0.6 is 0 Å². The first kappa shape index (κ1) is 24.9. The largest absolute Gasteiger partial charge is 0.416 e. The lowest BCUT2D eigenvalue weighted by Gasteiger charge is -2.37. The standard InChI is InChI=1S/C27H43F3Si/c1-21(2)15-18-31-19-16-25(17-20-31)24-11-7-22(8-12-24)5-3-4-6-23-9-13-26(14-10-23)27(28,29)30/h9-10,13-14,21-22,24-25,31H,3-8,11-12,15-20H2,1-2H3/t22-,24-,25?,31?. The van der Waals surface area contributed by atoms with Gasteiger partial charge in [0.15, 0.2) is 0 Å². The molecule has 0 bridgehead atoms. The molecule has 1 aromatic rings. The SMILES string of the molecule is CC(C)CC[SiH]1CCC([C@H]2CC[C@H](CCCCc3ccc(C(F)(F)F)cc3)CC2)CC1. The van der Waals surface area contributed by atoms with E-state index in [1.165, 1.54) is 69.9 Å². The lowest BCUT2D eigenvalue weighted by molar-refractivity contribution is -0.137. The van der Waals surface area contributed by atoms with E-state index in [0.29, 0.717) is 0 Å². The van der Waals surface area contributed by atoms with Crippen LogP contribution in [0.2, 0.25) is 18.1 Å². The van der Waals surface area contributed by atoms with E-state index in [1.807, 2.05) is 0 Å². The zero-order valence-electron chi connectivity index (χ0n) is 19.7. The Hall–Kier alpha value is -0.773. The molecule has 1 heterocycles. The smallest absolute Gasteiger partial charge is 0.166 e. The summed E-state index contributed by atoms with van der Waals surface area (Å²) < 4.78 is 38.0. The van der Waals surface area contributed by atoms with E-state index in [0.717, 1.165) is 42.1 Å². The van der Waals surface area contributed by atoms with Gasteiger partial charge in [-0.25, -0.2) is 0 Å². The Balaban J connectivity index is 1.27. The Labute approximate surface area is 190 Å². The molecule has 1 aliphatic carbocycles. The van der Waals surface area contributed by atoms with Gasteiger partial charge in [-0.15, -0.1) is 0 Å². The average molecular weight is 453 g/mol. The second kappa shape index (κ2) is 11.9. The van der Waals surface area contributed by atoms with Crippen LogP contribution in [0.4, 0.5) is 13.2 Å². The van der Waals surface area contributed by atoms with Gasteiger partial charge in [0.05, 0.1) is 5.56 Å². The van der Waals surface area contributed by atoms with Gasteiger partial charge in [0.25, 0.3) is 0 Å². The molecule has 0 N–H and O–H groups in total. The van der Waals surface area contributed by atoms with Crippen molar-refractivity contribution >= 4 is 8.80 Å². The highest BCUT2D eigenvalue weighted by molar-refractivity contribution is 6.58. The fourth-order valence-electron chi connectivity index (χ4n) is 6.09. The molecule has 31 heavy (non-hydrogen) atoms. The maximum Gasteiger partial charge on any atom is 0.416 e. The molecule has 0 nitrogen and oxygen atoms in total. The Morgan fingerprint density at radius 1 is 0.871 bits per heavy atom. The summed E-state index contributed by atoms with van der Waals surface area (Å²) in [5.41, 5.74) is 0.489. The predicted molar refractivity (Wildman–Crippen MR) is 128 cm³/mol. The van der Waals surface area contributed by atoms with Crippen molar-refractivity contribution in [2.45, 2.75) is 109 Å². The molecule has 1 saturated heterocycles. The minimum absolute atomic E-state index is 0.400. The Morgan fingerprint density at radius 2 is 1.48 bits per heavy atom. The molecule has 0 radical (unpaired) electrons. The number of hydrogen-bond acceptors (Lipinski definition) is 0. The van der Waals surface area contributed by atoms with E-state index in [9.17, 15) is 13.2 Å². The van der Waals surface area contributed by atoms with Gasteiger partial charge >= 0.3 is 6.18 Å². The Bertz CT molecular complexity index is 621. The number of aryl methyl sites for hydroxylation is 1. The lowest BCUT2D eigenvalue weighted by atomic mass is 9.73. The Morgan fingerprint density at radius 3 is 2.06 bits per heavy atom. The summed E-state index contributed by atoms with van der Waals surface area (Å²) in [4.78, 5) is 0. The molecule has 0 amide bonds. The molecule has 0 spiro atoms. The summed E-state index contributed by atoms with van der Waals surface area (Å²) in [6.07, 6.45) is 10.6. The van der Waals surface area contributed by atoms with Gasteiger partial charge in [-0.3, -0.25) is 0 Å². The van der Waals surface area contributed by atoms with Crippen molar-refractivity contribution < 1.29 is 13.2 Å². The van der Waals surface area contributed by atoms with Crippen LogP contribution in [0.15, 0.2) is 24.3 Å². The Kier molecular flexibility index (Phi) is 9.55. The maximum absolute atomic E-state index is 12.7. The van der Waals surface area contributed by atoms with Crippen molar-refractivity contribution in [3.05, 3.63) is 35.4 Å². The highest BCUT2D eigenvalue weighted by Gasteiger charge is 2.31. The number of benzene rings is 1. The van der Waals surface area contributed by atoms with Crippen LogP contribution in [0.5, 0.6) is 0 Å². The van der Waals surface area contributed by atoms with Gasteiger partial charge in [0.1, 0.15) is 0 Å². The molecular formula is C27H43F3Si. The summed E-state index contributed by atoms with van der Waals surface area (Å²) >= 11 is 0. The predicted octanol–water partition coefficient (Wildman–Crippen LogP) is 8.91. The van der Waals surface area contributed by atoms with Crippen LogP contribution in [-0.4, -0.2) is 8.80 Å². The van der Waals surface area contributed by atoms with Crippen molar-refractivity contribution in [3.8, 4) is 0 Å². The number of halogens is 3. The van der Waals surface area contributed by atoms with E-state index in [4.69, 9.17) is 0 Å². The molecule has 1 aliphatic heterocycles. The van der Waals surface area contributed by atoms with Gasteiger partial charge < -0.3 is 0 Å². The first-order valence-electron chi connectivity index (χ1n) is 13.0. The van der Waals surface area contributed by atoms with Crippen LogP contribution in [-0.2, 0) is 12.6 Å². The second-order valence-electron chi connectivity index (χ2n) is 11.0. The first-order chi connectivity index (χ1) is 14.8. The molecule has 0 atom stereocenters. The summed E-state index contributed by atoms with van der Waals surface area (Å²) in [7, 11) is -0.400. The van der Waals surface area contributed by atoms with Gasteiger partial charge in [-0.05, 0) is 67.1 Å². The monoisotopic (exact) mass is 452 g/mol. The summed E-state index contributed by atoms with van der Waals surface area (Å²) in [6.45, 7) is 4.74. The third kappa shape index (κ3) is 8.26. The molecule has 1 aromatic carbocycles. The minimum Gasteiger partial charge on any atom is -0.166 e. The fourth-order valence-corrected chi connectivity index (χ4v) is 9.89. The molecular weight excluding hydrogens is 409 g/mol. The van der Waals surface area contributed by atoms with E-state index in [-0.39, 0.29) is 0 Å². The fraction of sp³-hybridized carbons (Fsp3) is 0.778. The maximum atomic E-state index is 12.7. The van der Waals surface area contributed by atoms with Crippen LogP contribution in [0.3, 0.4) is 0 Å². The van der Waals surface area contributed by atoms with Crippen LogP contribution in [0.1, 0.15) is 89.2 Å². The highest BCUT2D eigenvalue weighted by Crippen LogP contribution is 2.42. The van der Waals surface area contributed by atoms with Gasteiger partial charge in [-0.1, -0.05) is 89.1 Å².